The smallest absolute Gasteiger partial charge is 0.351 e. The van der Waals surface area contributed by atoms with Crippen LogP contribution in [-0.2, 0) is 0 Å². The minimum absolute atomic E-state index is 0.0358. The number of likely N-dealkylation sites (N-methyl/N-ethyl adjacent to an activating group) is 1. The number of allylic oxidation sites excluding steroid dienone is 9. The summed E-state index contributed by atoms with van der Waals surface area (Å²) in [6.07, 6.45) is 11.3. The van der Waals surface area contributed by atoms with Crippen molar-refractivity contribution in [1.29, 1.82) is 0 Å². The highest BCUT2D eigenvalue weighted by Gasteiger charge is 2.37. The van der Waals surface area contributed by atoms with Crippen LogP contribution < -0.4 is 4.90 Å². The van der Waals surface area contributed by atoms with Crippen molar-refractivity contribution in [2.75, 3.05) is 11.9 Å². The quantitative estimate of drug-likeness (QED) is 0.516. The predicted octanol–water partition coefficient (Wildman–Crippen LogP) is 6.49. The number of halogens is 3. The van der Waals surface area contributed by atoms with Gasteiger partial charge in [0.15, 0.2) is 5.82 Å². The lowest BCUT2D eigenvalue weighted by Gasteiger charge is -2.28. The van der Waals surface area contributed by atoms with Crippen molar-refractivity contribution in [3.63, 3.8) is 0 Å². The van der Waals surface area contributed by atoms with Crippen LogP contribution in [0.1, 0.15) is 19.0 Å². The number of alkyl halides is 3. The Labute approximate surface area is 185 Å². The van der Waals surface area contributed by atoms with Crippen molar-refractivity contribution >= 4 is 22.2 Å². The molecule has 0 amide bonds. The zero-order chi connectivity index (χ0) is 22.7. The van der Waals surface area contributed by atoms with E-state index < -0.39 is 11.7 Å². The number of aromatic nitrogens is 2. The van der Waals surface area contributed by atoms with Gasteiger partial charge in [-0.05, 0) is 43.2 Å². The van der Waals surface area contributed by atoms with Gasteiger partial charge in [-0.15, -0.1) is 15.9 Å². The van der Waals surface area contributed by atoms with Crippen LogP contribution in [0.25, 0.3) is 16.3 Å². The normalized spacial score (nSPS) is 16.8. The Morgan fingerprint density at radius 2 is 1.81 bits per heavy atom. The summed E-state index contributed by atoms with van der Waals surface area (Å²) in [7, 11) is 1.91. The van der Waals surface area contributed by atoms with Gasteiger partial charge in [-0.2, -0.15) is 13.2 Å². The van der Waals surface area contributed by atoms with Crippen molar-refractivity contribution < 1.29 is 13.2 Å². The fourth-order valence-corrected chi connectivity index (χ4v) is 3.80. The molecule has 1 heterocycles. The van der Waals surface area contributed by atoms with Crippen LogP contribution in [0.5, 0.6) is 0 Å². The van der Waals surface area contributed by atoms with Crippen LogP contribution in [-0.4, -0.2) is 29.5 Å². The summed E-state index contributed by atoms with van der Waals surface area (Å²) in [6, 6.07) is 7.30. The van der Waals surface area contributed by atoms with Crippen LogP contribution >= 0.6 is 0 Å². The molecule has 0 bridgehead atoms. The lowest BCUT2D eigenvalue weighted by molar-refractivity contribution is -0.0870. The molecular weight excluding hydrogens is 411 g/mol. The van der Waals surface area contributed by atoms with Crippen molar-refractivity contribution in [3.05, 3.63) is 102 Å². The first-order chi connectivity index (χ1) is 15.4. The topological polar surface area (TPSA) is 29.0 Å². The molecule has 1 aromatic carbocycles. The number of hydrogen-bond donors (Lipinski definition) is 0. The third-order valence-electron chi connectivity index (χ3n) is 5.63. The number of benzene rings is 1. The average Bonchev–Trinajstić information content (AvgIpc) is 3.20. The molecule has 6 heteroatoms. The highest BCUT2D eigenvalue weighted by atomic mass is 19.4. The van der Waals surface area contributed by atoms with Crippen LogP contribution in [0, 0.1) is 0 Å². The molecule has 0 saturated heterocycles. The summed E-state index contributed by atoms with van der Waals surface area (Å²) >= 11 is 0. The van der Waals surface area contributed by atoms with Gasteiger partial charge in [0.05, 0.1) is 11.6 Å². The summed E-state index contributed by atoms with van der Waals surface area (Å²) in [6.45, 7) is 2.05. The van der Waals surface area contributed by atoms with E-state index in [0.717, 1.165) is 17.0 Å². The molecule has 2 aliphatic rings. The second kappa shape index (κ2) is 8.85. The van der Waals surface area contributed by atoms with E-state index in [-0.39, 0.29) is 17.3 Å². The second-order valence-electron chi connectivity index (χ2n) is 7.59. The lowest BCUT2D eigenvalue weighted by atomic mass is 9.97. The Hall–Kier alpha value is -3.63. The van der Waals surface area contributed by atoms with Crippen molar-refractivity contribution in [3.8, 4) is 0 Å². The van der Waals surface area contributed by atoms with Crippen LogP contribution in [0.15, 0.2) is 95.8 Å². The largest absolute Gasteiger partial charge is 0.417 e. The van der Waals surface area contributed by atoms with Crippen LogP contribution in [0.3, 0.4) is 0 Å². The number of fused-ring (bicyclic) bond motifs is 1. The molecule has 0 saturated carbocycles. The molecule has 0 spiro atoms. The van der Waals surface area contributed by atoms with Gasteiger partial charge in [0.25, 0.3) is 0 Å². The van der Waals surface area contributed by atoms with Gasteiger partial charge < -0.3 is 4.90 Å². The van der Waals surface area contributed by atoms with E-state index in [1.54, 1.807) is 24.3 Å². The second-order valence-corrected chi connectivity index (χ2v) is 7.59. The van der Waals surface area contributed by atoms with Crippen LogP contribution in [0.2, 0.25) is 0 Å². The fourth-order valence-electron chi connectivity index (χ4n) is 3.80. The first-order valence-corrected chi connectivity index (χ1v) is 10.3. The lowest BCUT2D eigenvalue weighted by Crippen LogP contribution is -2.31. The maximum absolute atomic E-state index is 13.8. The molecule has 0 aliphatic heterocycles. The molecule has 0 fully saturated rings. The van der Waals surface area contributed by atoms with Crippen molar-refractivity contribution in [1.82, 2.24) is 10.2 Å². The standard InChI is InChI=1S/C26H22F3N3/c1-18(19-12-6-3-4-7-13-19)32(2)25-21-15-11-10-14-20(21)24(30-31-25)22-16-8-5-9-17-23(22)26(27,28)29/h3,5-7,9-18H,8H2,1-2H3. The summed E-state index contributed by atoms with van der Waals surface area (Å²) in [4.78, 5) is 1.98. The van der Waals surface area contributed by atoms with Gasteiger partial charge >= 0.3 is 6.18 Å². The molecule has 1 unspecified atom stereocenters. The molecule has 4 rings (SSSR count). The fraction of sp³-hybridized carbons (Fsp3) is 0.192. The first kappa shape index (κ1) is 21.6. The minimum Gasteiger partial charge on any atom is -0.351 e. The van der Waals surface area contributed by atoms with E-state index in [0.29, 0.717) is 17.6 Å². The molecule has 162 valence electrons. The maximum atomic E-state index is 13.8. The predicted molar refractivity (Wildman–Crippen MR) is 123 cm³/mol. The van der Waals surface area contributed by atoms with E-state index in [2.05, 4.69) is 15.9 Å². The molecule has 0 radical (unpaired) electrons. The Bertz CT molecular complexity index is 1250. The number of hydrogen-bond acceptors (Lipinski definition) is 3. The molecule has 1 atom stereocenters. The Kier molecular flexibility index (Phi) is 5.97. The molecule has 32 heavy (non-hydrogen) atoms. The number of rotatable bonds is 4. The Morgan fingerprint density at radius 1 is 1.03 bits per heavy atom. The molecule has 3 nitrogen and oxygen atoms in total. The van der Waals surface area contributed by atoms with Gasteiger partial charge in [-0.25, -0.2) is 0 Å². The van der Waals surface area contributed by atoms with Gasteiger partial charge in [0.1, 0.15) is 5.69 Å². The Balaban J connectivity index is 1.81. The summed E-state index contributed by atoms with van der Waals surface area (Å²) in [5.41, 5.74) is 3.67. The van der Waals surface area contributed by atoms with Gasteiger partial charge in [0.2, 0.25) is 0 Å². The molecule has 2 aromatic rings. The van der Waals surface area contributed by atoms with E-state index >= 15 is 0 Å². The zero-order valence-electron chi connectivity index (χ0n) is 17.8. The molecular formula is C26H22F3N3. The summed E-state index contributed by atoms with van der Waals surface area (Å²) < 4.78 is 41.4. The summed E-state index contributed by atoms with van der Waals surface area (Å²) in [5, 5.41) is 10.1. The minimum atomic E-state index is -4.49. The van der Waals surface area contributed by atoms with Gasteiger partial charge in [0, 0.05) is 23.4 Å². The highest BCUT2D eigenvalue weighted by molar-refractivity contribution is 6.01. The van der Waals surface area contributed by atoms with Crippen molar-refractivity contribution in [2.24, 2.45) is 0 Å². The zero-order valence-corrected chi connectivity index (χ0v) is 17.8. The number of anilines is 1. The van der Waals surface area contributed by atoms with Crippen LogP contribution in [0.4, 0.5) is 19.0 Å². The maximum Gasteiger partial charge on any atom is 0.417 e. The van der Waals surface area contributed by atoms with E-state index in [1.807, 2.05) is 61.4 Å². The summed E-state index contributed by atoms with van der Waals surface area (Å²) in [5.74, 6) is 0.609. The highest BCUT2D eigenvalue weighted by Crippen LogP contribution is 2.40. The molecule has 1 aromatic heterocycles. The van der Waals surface area contributed by atoms with Gasteiger partial charge in [-0.1, -0.05) is 54.6 Å². The SMILES string of the molecule is CC(C1=CC=C=CC=C1)N(C)c1nnc(C2=CCC=CC=C2C(F)(F)F)c2ccccc12. The third kappa shape index (κ3) is 4.23. The monoisotopic (exact) mass is 433 g/mol. The van der Waals surface area contributed by atoms with E-state index in [4.69, 9.17) is 0 Å². The number of nitrogens with zero attached hydrogens (tertiary/aromatic N) is 3. The Morgan fingerprint density at radius 3 is 2.59 bits per heavy atom. The first-order valence-electron chi connectivity index (χ1n) is 10.3. The van der Waals surface area contributed by atoms with Gasteiger partial charge in [-0.3, -0.25) is 0 Å². The molecule has 2 aliphatic carbocycles. The van der Waals surface area contributed by atoms with E-state index in [9.17, 15) is 13.2 Å². The van der Waals surface area contributed by atoms with E-state index in [1.165, 1.54) is 6.08 Å². The third-order valence-corrected chi connectivity index (χ3v) is 5.63. The average molecular weight is 433 g/mol. The van der Waals surface area contributed by atoms with Crippen molar-refractivity contribution in [2.45, 2.75) is 25.6 Å². The molecule has 0 N–H and O–H groups in total.